The van der Waals surface area contributed by atoms with Crippen LogP contribution in [0.25, 0.3) is 0 Å². The van der Waals surface area contributed by atoms with Gasteiger partial charge in [0.15, 0.2) is 0 Å². The number of nitro groups is 1. The minimum Gasteiger partial charge on any atom is -0.497 e. The largest absolute Gasteiger partial charge is 0.497 e. The lowest BCUT2D eigenvalue weighted by Gasteiger charge is -2.23. The van der Waals surface area contributed by atoms with Gasteiger partial charge in [-0.05, 0) is 30.7 Å². The summed E-state index contributed by atoms with van der Waals surface area (Å²) in [6, 6.07) is 17.5. The summed E-state index contributed by atoms with van der Waals surface area (Å²) in [7, 11) is -1.48. The average molecular weight is 500 g/mol. The number of benzene rings is 3. The number of amides is 1. The maximum atomic E-state index is 13.7. The second kappa shape index (κ2) is 11.0. The van der Waals surface area contributed by atoms with E-state index in [1.807, 2.05) is 0 Å². The summed E-state index contributed by atoms with van der Waals surface area (Å²) in [5, 5.41) is 13.8. The van der Waals surface area contributed by atoms with Crippen LogP contribution in [0.1, 0.15) is 11.1 Å². The molecule has 0 saturated carbocycles. The van der Waals surface area contributed by atoms with Gasteiger partial charge >= 0.3 is 0 Å². The van der Waals surface area contributed by atoms with Gasteiger partial charge in [0.05, 0.1) is 36.9 Å². The fraction of sp³-hybridized carbons (Fsp3) is 0.208. The first-order valence-corrected chi connectivity index (χ1v) is 11.9. The molecule has 1 N–H and O–H groups in total. The van der Waals surface area contributed by atoms with Gasteiger partial charge in [-0.2, -0.15) is 4.31 Å². The first-order chi connectivity index (χ1) is 16.7. The zero-order chi connectivity index (χ0) is 25.6. The Kier molecular flexibility index (Phi) is 8.05. The molecule has 1 amide bonds. The predicted octanol–water partition coefficient (Wildman–Crippen LogP) is 3.75. The van der Waals surface area contributed by atoms with Crippen LogP contribution in [0.5, 0.6) is 11.5 Å². The van der Waals surface area contributed by atoms with Crippen molar-refractivity contribution in [2.24, 2.45) is 0 Å². The van der Waals surface area contributed by atoms with Gasteiger partial charge in [0, 0.05) is 18.7 Å². The highest BCUT2D eigenvalue weighted by molar-refractivity contribution is 7.89. The number of methoxy groups -OCH3 is 2. The van der Waals surface area contributed by atoms with Crippen LogP contribution >= 0.6 is 0 Å². The highest BCUT2D eigenvalue weighted by atomic mass is 32.2. The normalized spacial score (nSPS) is 11.2. The molecule has 0 aliphatic rings. The van der Waals surface area contributed by atoms with E-state index in [-0.39, 0.29) is 34.1 Å². The lowest BCUT2D eigenvalue weighted by atomic mass is 10.1. The van der Waals surface area contributed by atoms with E-state index >= 15 is 0 Å². The first kappa shape index (κ1) is 25.7. The Bertz CT molecular complexity index is 1330. The van der Waals surface area contributed by atoms with E-state index in [2.05, 4.69) is 5.32 Å². The Morgan fingerprint density at radius 1 is 1.03 bits per heavy atom. The van der Waals surface area contributed by atoms with Crippen molar-refractivity contribution in [3.8, 4) is 11.5 Å². The molecule has 0 atom stereocenters. The molecule has 0 spiro atoms. The van der Waals surface area contributed by atoms with Crippen molar-refractivity contribution in [1.82, 2.24) is 4.31 Å². The van der Waals surface area contributed by atoms with E-state index in [1.54, 1.807) is 36.4 Å². The van der Waals surface area contributed by atoms with Gasteiger partial charge in [0.2, 0.25) is 15.9 Å². The average Bonchev–Trinajstić information content (AvgIpc) is 2.84. The van der Waals surface area contributed by atoms with Crippen molar-refractivity contribution in [2.45, 2.75) is 18.4 Å². The van der Waals surface area contributed by atoms with Crippen LogP contribution in [0.15, 0.2) is 71.6 Å². The van der Waals surface area contributed by atoms with Gasteiger partial charge in [0.1, 0.15) is 16.4 Å². The molecule has 3 aromatic rings. The zero-order valence-corrected chi connectivity index (χ0v) is 20.2. The molecule has 35 heavy (non-hydrogen) atoms. The van der Waals surface area contributed by atoms with Crippen molar-refractivity contribution in [2.75, 3.05) is 26.1 Å². The molecule has 0 heterocycles. The Labute approximate surface area is 203 Å². The molecule has 0 radical (unpaired) electrons. The molecule has 0 saturated heterocycles. The number of sulfonamides is 1. The summed E-state index contributed by atoms with van der Waals surface area (Å²) >= 11 is 0. The van der Waals surface area contributed by atoms with Crippen LogP contribution < -0.4 is 14.8 Å². The Morgan fingerprint density at radius 2 is 1.74 bits per heavy atom. The minimum atomic E-state index is -4.23. The summed E-state index contributed by atoms with van der Waals surface area (Å²) in [5.74, 6) is -0.255. The second-order valence-electron chi connectivity index (χ2n) is 7.53. The third kappa shape index (κ3) is 5.94. The van der Waals surface area contributed by atoms with Gasteiger partial charge in [-0.3, -0.25) is 14.9 Å². The summed E-state index contributed by atoms with van der Waals surface area (Å²) in [4.78, 5) is 23.5. The molecule has 0 unspecified atom stereocenters. The Balaban J connectivity index is 1.97. The van der Waals surface area contributed by atoms with Gasteiger partial charge < -0.3 is 14.8 Å². The number of hydrogen-bond acceptors (Lipinski definition) is 7. The number of anilines is 1. The number of nitrogens with zero attached hydrogens (tertiary/aromatic N) is 2. The van der Waals surface area contributed by atoms with Crippen LogP contribution in [-0.4, -0.2) is 44.3 Å². The molecule has 184 valence electrons. The summed E-state index contributed by atoms with van der Waals surface area (Å²) in [6.45, 7) is 0.873. The Hall–Kier alpha value is -3.96. The summed E-state index contributed by atoms with van der Waals surface area (Å²) in [5.41, 5.74) is 0.993. The topological polar surface area (TPSA) is 128 Å². The van der Waals surface area contributed by atoms with Crippen molar-refractivity contribution in [3.63, 3.8) is 0 Å². The lowest BCUT2D eigenvalue weighted by Crippen LogP contribution is -2.37. The third-order valence-corrected chi connectivity index (χ3v) is 7.10. The highest BCUT2D eigenvalue weighted by Gasteiger charge is 2.30. The second-order valence-corrected chi connectivity index (χ2v) is 9.44. The monoisotopic (exact) mass is 499 g/mol. The van der Waals surface area contributed by atoms with Gasteiger partial charge in [-0.1, -0.05) is 36.4 Å². The third-order valence-electron chi connectivity index (χ3n) is 5.29. The number of nitrogens with one attached hydrogen (secondary N) is 1. The molecule has 0 fully saturated rings. The number of carbonyl (C=O) groups excluding carboxylic acids is 1. The smallest absolute Gasteiger partial charge is 0.274 e. The molecule has 0 aliphatic heterocycles. The van der Waals surface area contributed by atoms with E-state index in [1.165, 1.54) is 51.5 Å². The van der Waals surface area contributed by atoms with Crippen molar-refractivity contribution >= 4 is 27.3 Å². The molecular formula is C24H25N3O7S. The highest BCUT2D eigenvalue weighted by Crippen LogP contribution is 2.31. The maximum absolute atomic E-state index is 13.7. The van der Waals surface area contributed by atoms with Crippen LogP contribution in [-0.2, 0) is 21.4 Å². The van der Waals surface area contributed by atoms with Gasteiger partial charge in [-0.25, -0.2) is 8.42 Å². The first-order valence-electron chi connectivity index (χ1n) is 10.5. The maximum Gasteiger partial charge on any atom is 0.274 e. The van der Waals surface area contributed by atoms with Crippen LogP contribution in [0.4, 0.5) is 11.4 Å². The number of rotatable bonds is 10. The van der Waals surface area contributed by atoms with Crippen LogP contribution in [0.2, 0.25) is 0 Å². The van der Waals surface area contributed by atoms with Gasteiger partial charge in [-0.15, -0.1) is 0 Å². The van der Waals surface area contributed by atoms with Crippen molar-refractivity contribution in [1.29, 1.82) is 0 Å². The van der Waals surface area contributed by atoms with Crippen LogP contribution in [0, 0.1) is 17.0 Å². The molecule has 3 rings (SSSR count). The quantitative estimate of drug-likeness (QED) is 0.332. The minimum absolute atomic E-state index is 0.0924. The number of hydrogen-bond donors (Lipinski definition) is 1. The molecule has 0 aromatic heterocycles. The van der Waals surface area contributed by atoms with Crippen LogP contribution in [0.3, 0.4) is 0 Å². The molecule has 11 heteroatoms. The standard InChI is InChI=1S/C24H25N3O7S/c1-17-20(10-7-11-21(17)27(29)30)25-24(28)16-26(15-18-8-5-4-6-9-18)35(31,32)23-14-19(33-2)12-13-22(23)34-3/h4-14H,15-16H2,1-3H3,(H,25,28). The van der Waals surface area contributed by atoms with E-state index in [0.717, 1.165) is 4.31 Å². The molecule has 3 aromatic carbocycles. The van der Waals surface area contributed by atoms with E-state index in [0.29, 0.717) is 11.3 Å². The number of ether oxygens (including phenoxy) is 2. The predicted molar refractivity (Wildman–Crippen MR) is 130 cm³/mol. The summed E-state index contributed by atoms with van der Waals surface area (Å²) < 4.78 is 38.9. The van der Waals surface area contributed by atoms with E-state index < -0.39 is 27.4 Å². The molecule has 10 nitrogen and oxygen atoms in total. The molecular weight excluding hydrogens is 474 g/mol. The van der Waals surface area contributed by atoms with Crippen molar-refractivity contribution in [3.05, 3.63) is 88.0 Å². The van der Waals surface area contributed by atoms with Crippen molar-refractivity contribution < 1.29 is 27.6 Å². The Morgan fingerprint density at radius 3 is 2.37 bits per heavy atom. The number of carbonyl (C=O) groups is 1. The molecule has 0 bridgehead atoms. The summed E-state index contributed by atoms with van der Waals surface area (Å²) in [6.07, 6.45) is 0. The lowest BCUT2D eigenvalue weighted by molar-refractivity contribution is -0.385. The SMILES string of the molecule is COc1ccc(OC)c(S(=O)(=O)N(CC(=O)Nc2cccc([N+](=O)[O-])c2C)Cc2ccccc2)c1. The van der Waals surface area contributed by atoms with Gasteiger partial charge in [0.25, 0.3) is 5.69 Å². The number of nitro benzene ring substituents is 1. The zero-order valence-electron chi connectivity index (χ0n) is 19.4. The molecule has 0 aliphatic carbocycles. The fourth-order valence-electron chi connectivity index (χ4n) is 3.44. The van der Waals surface area contributed by atoms with E-state index in [9.17, 15) is 23.3 Å². The fourth-order valence-corrected chi connectivity index (χ4v) is 5.00. The van der Waals surface area contributed by atoms with E-state index in [4.69, 9.17) is 9.47 Å².